The van der Waals surface area contributed by atoms with Gasteiger partial charge in [-0.05, 0) is 43.5 Å². The van der Waals surface area contributed by atoms with E-state index in [1.54, 1.807) is 18.2 Å². The molecule has 1 saturated heterocycles. The minimum Gasteiger partial charge on any atom is -0.459 e. The number of carbonyl (C=O) groups excluding carboxylic acids is 4. The highest BCUT2D eigenvalue weighted by Gasteiger charge is 2.42. The Labute approximate surface area is 154 Å². The molecule has 3 heterocycles. The molecule has 138 valence electrons. The summed E-state index contributed by atoms with van der Waals surface area (Å²) in [6.45, 7) is 0.363. The van der Waals surface area contributed by atoms with E-state index in [0.29, 0.717) is 18.0 Å². The molecular weight excluding hydrogens is 352 g/mol. The maximum Gasteiger partial charge on any atom is 0.355 e. The quantitative estimate of drug-likeness (QED) is 0.769. The zero-order chi connectivity index (χ0) is 19.0. The molecule has 8 heteroatoms. The predicted octanol–water partition coefficient (Wildman–Crippen LogP) is 2.03. The standard InChI is InChI=1S/C19H16N2O6/c22-16-12-6-1-2-7-13(12)17(23)21(16)27-19(25)14-8-3-4-10-20(14)18(24)15-9-5-11-26-15/h1-2,5-7,9,11,14H,3-4,8,10H2. The van der Waals surface area contributed by atoms with Gasteiger partial charge >= 0.3 is 5.97 Å². The van der Waals surface area contributed by atoms with Crippen LogP contribution in [-0.2, 0) is 9.63 Å². The second kappa shape index (κ2) is 6.71. The second-order valence-corrected chi connectivity index (χ2v) is 6.35. The summed E-state index contributed by atoms with van der Waals surface area (Å²) in [5, 5.41) is 0.469. The number of hydrogen-bond donors (Lipinski definition) is 0. The van der Waals surface area contributed by atoms with Gasteiger partial charge in [0, 0.05) is 6.54 Å². The molecule has 0 saturated carbocycles. The van der Waals surface area contributed by atoms with Gasteiger partial charge in [0.1, 0.15) is 6.04 Å². The highest BCUT2D eigenvalue weighted by atomic mass is 16.7. The van der Waals surface area contributed by atoms with Crippen molar-refractivity contribution in [2.45, 2.75) is 25.3 Å². The fourth-order valence-corrected chi connectivity index (χ4v) is 3.36. The maximum atomic E-state index is 12.7. The molecule has 0 N–H and O–H groups in total. The lowest BCUT2D eigenvalue weighted by molar-refractivity contribution is -0.175. The molecule has 1 aromatic heterocycles. The highest BCUT2D eigenvalue weighted by molar-refractivity contribution is 6.21. The van der Waals surface area contributed by atoms with Crippen molar-refractivity contribution >= 4 is 23.7 Å². The van der Waals surface area contributed by atoms with Crippen LogP contribution in [0.5, 0.6) is 0 Å². The number of carbonyl (C=O) groups is 4. The number of piperidine rings is 1. The van der Waals surface area contributed by atoms with Gasteiger partial charge in [-0.3, -0.25) is 14.4 Å². The molecule has 1 atom stereocenters. The Hall–Kier alpha value is -3.42. The molecule has 4 rings (SSSR count). The van der Waals surface area contributed by atoms with E-state index in [1.807, 2.05) is 0 Å². The highest BCUT2D eigenvalue weighted by Crippen LogP contribution is 2.25. The van der Waals surface area contributed by atoms with E-state index in [4.69, 9.17) is 9.25 Å². The van der Waals surface area contributed by atoms with Crippen LogP contribution in [0.4, 0.5) is 0 Å². The number of hydroxylamine groups is 2. The number of benzene rings is 1. The zero-order valence-corrected chi connectivity index (χ0v) is 14.3. The Morgan fingerprint density at radius 1 is 1.00 bits per heavy atom. The molecule has 2 aliphatic rings. The molecule has 0 radical (unpaired) electrons. The van der Waals surface area contributed by atoms with E-state index < -0.39 is 29.7 Å². The summed E-state index contributed by atoms with van der Waals surface area (Å²) in [4.78, 5) is 56.5. The molecule has 8 nitrogen and oxygen atoms in total. The molecule has 2 aromatic rings. The molecule has 1 unspecified atom stereocenters. The lowest BCUT2D eigenvalue weighted by Gasteiger charge is -2.33. The van der Waals surface area contributed by atoms with E-state index in [0.717, 1.165) is 12.8 Å². The summed E-state index contributed by atoms with van der Waals surface area (Å²) < 4.78 is 5.12. The van der Waals surface area contributed by atoms with Crippen molar-refractivity contribution in [3.05, 3.63) is 59.5 Å². The van der Waals surface area contributed by atoms with E-state index in [1.165, 1.54) is 29.4 Å². The first kappa shape index (κ1) is 17.0. The van der Waals surface area contributed by atoms with Crippen LogP contribution in [0.15, 0.2) is 47.1 Å². The number of rotatable bonds is 3. The summed E-state index contributed by atoms with van der Waals surface area (Å²) in [6.07, 6.45) is 3.23. The normalized spacial score (nSPS) is 19.2. The van der Waals surface area contributed by atoms with Crippen molar-refractivity contribution < 1.29 is 28.4 Å². The first-order chi connectivity index (χ1) is 13.1. The van der Waals surface area contributed by atoms with Crippen LogP contribution in [0.3, 0.4) is 0 Å². The number of amides is 3. The Morgan fingerprint density at radius 3 is 2.33 bits per heavy atom. The molecule has 1 aromatic carbocycles. The third-order valence-corrected chi connectivity index (χ3v) is 4.71. The number of furan rings is 1. The van der Waals surface area contributed by atoms with E-state index in [-0.39, 0.29) is 16.9 Å². The Kier molecular flexibility index (Phi) is 4.23. The van der Waals surface area contributed by atoms with Crippen molar-refractivity contribution in [2.75, 3.05) is 6.54 Å². The third kappa shape index (κ3) is 2.88. The molecule has 0 bridgehead atoms. The van der Waals surface area contributed by atoms with Crippen LogP contribution in [-0.4, -0.2) is 46.2 Å². The first-order valence-electron chi connectivity index (χ1n) is 8.62. The van der Waals surface area contributed by atoms with Crippen molar-refractivity contribution in [3.63, 3.8) is 0 Å². The van der Waals surface area contributed by atoms with E-state index in [2.05, 4.69) is 0 Å². The van der Waals surface area contributed by atoms with Crippen molar-refractivity contribution in [3.8, 4) is 0 Å². The lowest BCUT2D eigenvalue weighted by Crippen LogP contribution is -2.50. The van der Waals surface area contributed by atoms with Crippen molar-refractivity contribution in [1.82, 2.24) is 9.96 Å². The number of imide groups is 1. The summed E-state index contributed by atoms with van der Waals surface area (Å²) in [7, 11) is 0. The smallest absolute Gasteiger partial charge is 0.355 e. The van der Waals surface area contributed by atoms with E-state index in [9.17, 15) is 19.2 Å². The molecular formula is C19H16N2O6. The average Bonchev–Trinajstić information content (AvgIpc) is 3.32. The fourth-order valence-electron chi connectivity index (χ4n) is 3.36. The van der Waals surface area contributed by atoms with Crippen molar-refractivity contribution in [1.29, 1.82) is 0 Å². The van der Waals surface area contributed by atoms with Gasteiger partial charge in [0.05, 0.1) is 17.4 Å². The summed E-state index contributed by atoms with van der Waals surface area (Å²) in [5.74, 6) is -2.50. The predicted molar refractivity (Wildman–Crippen MR) is 90.4 cm³/mol. The third-order valence-electron chi connectivity index (χ3n) is 4.71. The number of nitrogens with zero attached hydrogens (tertiary/aromatic N) is 2. The Morgan fingerprint density at radius 2 is 1.70 bits per heavy atom. The zero-order valence-electron chi connectivity index (χ0n) is 14.3. The van der Waals surface area contributed by atoms with Crippen LogP contribution < -0.4 is 0 Å². The van der Waals surface area contributed by atoms with Crippen molar-refractivity contribution in [2.24, 2.45) is 0 Å². The summed E-state index contributed by atoms with van der Waals surface area (Å²) >= 11 is 0. The van der Waals surface area contributed by atoms with Gasteiger partial charge in [0.2, 0.25) is 0 Å². The second-order valence-electron chi connectivity index (χ2n) is 6.35. The molecule has 3 amide bonds. The summed E-state index contributed by atoms with van der Waals surface area (Å²) in [6, 6.07) is 8.46. The van der Waals surface area contributed by atoms with Gasteiger partial charge in [-0.25, -0.2) is 4.79 Å². The molecule has 1 fully saturated rings. The number of fused-ring (bicyclic) bond motifs is 1. The minimum atomic E-state index is -0.888. The van der Waals surface area contributed by atoms with Crippen LogP contribution in [0, 0.1) is 0 Å². The molecule has 0 spiro atoms. The van der Waals surface area contributed by atoms with Gasteiger partial charge < -0.3 is 14.2 Å². The number of hydrogen-bond acceptors (Lipinski definition) is 6. The van der Waals surface area contributed by atoms with Crippen LogP contribution in [0.1, 0.15) is 50.5 Å². The minimum absolute atomic E-state index is 0.121. The fraction of sp³-hybridized carbons (Fsp3) is 0.263. The first-order valence-corrected chi connectivity index (χ1v) is 8.62. The topological polar surface area (TPSA) is 97.1 Å². The van der Waals surface area contributed by atoms with Crippen LogP contribution in [0.2, 0.25) is 0 Å². The van der Waals surface area contributed by atoms with Gasteiger partial charge in [0.15, 0.2) is 5.76 Å². The number of likely N-dealkylation sites (tertiary alicyclic amines) is 1. The van der Waals surface area contributed by atoms with Crippen LogP contribution >= 0.6 is 0 Å². The molecule has 0 aliphatic carbocycles. The lowest BCUT2D eigenvalue weighted by atomic mass is 10.0. The van der Waals surface area contributed by atoms with Gasteiger partial charge in [-0.1, -0.05) is 17.2 Å². The Balaban J connectivity index is 1.53. The molecule has 27 heavy (non-hydrogen) atoms. The van der Waals surface area contributed by atoms with Gasteiger partial charge in [0.25, 0.3) is 17.7 Å². The maximum absolute atomic E-state index is 12.7. The SMILES string of the molecule is O=C(ON1C(=O)c2ccccc2C1=O)C1CCCCN1C(=O)c1ccco1. The van der Waals surface area contributed by atoms with Gasteiger partial charge in [-0.15, -0.1) is 0 Å². The molecule has 2 aliphatic heterocycles. The monoisotopic (exact) mass is 368 g/mol. The largest absolute Gasteiger partial charge is 0.459 e. The average molecular weight is 368 g/mol. The Bertz CT molecular complexity index is 885. The summed E-state index contributed by atoms with van der Waals surface area (Å²) in [5.41, 5.74) is 0.366. The van der Waals surface area contributed by atoms with Gasteiger partial charge in [-0.2, -0.15) is 0 Å². The van der Waals surface area contributed by atoms with Crippen LogP contribution in [0.25, 0.3) is 0 Å². The van der Waals surface area contributed by atoms with E-state index >= 15 is 0 Å².